The highest BCUT2D eigenvalue weighted by atomic mass is 35.5. The van der Waals surface area contributed by atoms with E-state index in [2.05, 4.69) is 17.6 Å². The van der Waals surface area contributed by atoms with E-state index in [1.54, 1.807) is 12.1 Å². The number of hydrogen-bond donors (Lipinski definition) is 2. The van der Waals surface area contributed by atoms with Crippen LogP contribution in [0, 0.1) is 11.8 Å². The molecular formula is C17H25ClN2O. The summed E-state index contributed by atoms with van der Waals surface area (Å²) >= 11 is 5.99. The Bertz CT molecular complexity index is 482. The quantitative estimate of drug-likeness (QED) is 0.850. The van der Waals surface area contributed by atoms with Crippen molar-refractivity contribution in [3.8, 4) is 0 Å². The van der Waals surface area contributed by atoms with Gasteiger partial charge in [0.15, 0.2) is 0 Å². The molecule has 2 rings (SSSR count). The number of hydrogen-bond acceptors (Lipinski definition) is 2. The third-order valence-corrected chi connectivity index (χ3v) is 4.83. The summed E-state index contributed by atoms with van der Waals surface area (Å²) < 4.78 is 0. The summed E-state index contributed by atoms with van der Waals surface area (Å²) in [5.74, 6) is 1.47. The molecule has 4 heteroatoms. The number of rotatable bonds is 5. The molecule has 1 aromatic carbocycles. The van der Waals surface area contributed by atoms with Gasteiger partial charge in [-0.2, -0.15) is 0 Å². The van der Waals surface area contributed by atoms with Crippen LogP contribution in [0.3, 0.4) is 0 Å². The van der Waals surface area contributed by atoms with Crippen LogP contribution in [-0.2, 0) is 0 Å². The Balaban J connectivity index is 1.89. The van der Waals surface area contributed by atoms with E-state index >= 15 is 0 Å². The summed E-state index contributed by atoms with van der Waals surface area (Å²) in [5, 5.41) is 6.69. The van der Waals surface area contributed by atoms with Gasteiger partial charge in [0, 0.05) is 24.3 Å². The average molecular weight is 309 g/mol. The van der Waals surface area contributed by atoms with Gasteiger partial charge in [-0.25, -0.2) is 0 Å². The lowest BCUT2D eigenvalue weighted by Crippen LogP contribution is -2.31. The Morgan fingerprint density at radius 3 is 2.52 bits per heavy atom. The van der Waals surface area contributed by atoms with Crippen LogP contribution in [0.25, 0.3) is 0 Å². The van der Waals surface area contributed by atoms with Crippen LogP contribution in [0.15, 0.2) is 18.2 Å². The molecule has 0 saturated heterocycles. The largest absolute Gasteiger partial charge is 0.387 e. The van der Waals surface area contributed by atoms with Gasteiger partial charge in [-0.1, -0.05) is 37.8 Å². The first kappa shape index (κ1) is 16.2. The molecule has 1 saturated carbocycles. The zero-order valence-electron chi connectivity index (χ0n) is 12.9. The van der Waals surface area contributed by atoms with E-state index < -0.39 is 0 Å². The molecule has 0 aliphatic heterocycles. The summed E-state index contributed by atoms with van der Waals surface area (Å²) in [6.45, 7) is 3.04. The normalized spacial score (nSPS) is 21.9. The number of carbonyl (C=O) groups excluding carboxylic acids is 1. The van der Waals surface area contributed by atoms with Crippen LogP contribution in [0.4, 0.5) is 5.69 Å². The molecular weight excluding hydrogens is 284 g/mol. The molecule has 0 bridgehead atoms. The second kappa shape index (κ2) is 7.69. The molecule has 0 unspecified atom stereocenters. The lowest BCUT2D eigenvalue weighted by Gasteiger charge is -2.27. The van der Waals surface area contributed by atoms with Crippen molar-refractivity contribution >= 4 is 23.2 Å². The molecule has 116 valence electrons. The van der Waals surface area contributed by atoms with Crippen molar-refractivity contribution in [2.45, 2.75) is 39.0 Å². The molecule has 1 aromatic rings. The summed E-state index contributed by atoms with van der Waals surface area (Å²) in [6, 6.07) is 5.34. The smallest absolute Gasteiger partial charge is 0.253 e. The van der Waals surface area contributed by atoms with Crippen molar-refractivity contribution < 1.29 is 4.79 Å². The van der Waals surface area contributed by atoms with Gasteiger partial charge in [0.2, 0.25) is 0 Å². The second-order valence-corrected chi connectivity index (χ2v) is 6.38. The van der Waals surface area contributed by atoms with E-state index in [1.807, 2.05) is 13.1 Å². The Kier molecular flexibility index (Phi) is 5.92. The van der Waals surface area contributed by atoms with Gasteiger partial charge in [0.25, 0.3) is 5.91 Å². The van der Waals surface area contributed by atoms with Crippen molar-refractivity contribution in [1.29, 1.82) is 0 Å². The summed E-state index contributed by atoms with van der Waals surface area (Å²) in [6.07, 6.45) is 6.35. The molecule has 3 nitrogen and oxygen atoms in total. The van der Waals surface area contributed by atoms with Crippen molar-refractivity contribution in [3.05, 3.63) is 28.8 Å². The Morgan fingerprint density at radius 1 is 1.24 bits per heavy atom. The van der Waals surface area contributed by atoms with Crippen LogP contribution in [0.2, 0.25) is 5.02 Å². The monoisotopic (exact) mass is 308 g/mol. The minimum absolute atomic E-state index is 0.0422. The van der Waals surface area contributed by atoms with Gasteiger partial charge >= 0.3 is 0 Å². The number of anilines is 1. The van der Waals surface area contributed by atoms with Crippen LogP contribution >= 0.6 is 11.6 Å². The molecule has 0 aromatic heterocycles. The van der Waals surface area contributed by atoms with E-state index in [-0.39, 0.29) is 5.91 Å². The zero-order valence-corrected chi connectivity index (χ0v) is 13.7. The van der Waals surface area contributed by atoms with Crippen LogP contribution in [0.1, 0.15) is 49.4 Å². The SMILES string of the molecule is CCC1CCC(CNC(=O)c2cc(Cl)ccc2NC)CC1. The first-order valence-corrected chi connectivity index (χ1v) is 8.27. The fourth-order valence-electron chi connectivity index (χ4n) is 3.10. The fourth-order valence-corrected chi connectivity index (χ4v) is 3.27. The van der Waals surface area contributed by atoms with Crippen molar-refractivity contribution in [3.63, 3.8) is 0 Å². The van der Waals surface area contributed by atoms with Gasteiger partial charge in [-0.05, 0) is 42.9 Å². The summed E-state index contributed by atoms with van der Waals surface area (Å²) in [7, 11) is 1.81. The molecule has 1 amide bonds. The minimum Gasteiger partial charge on any atom is -0.387 e. The Morgan fingerprint density at radius 2 is 1.90 bits per heavy atom. The highest BCUT2D eigenvalue weighted by molar-refractivity contribution is 6.31. The molecule has 0 spiro atoms. The number of nitrogens with one attached hydrogen (secondary N) is 2. The maximum atomic E-state index is 12.3. The third kappa shape index (κ3) is 4.37. The predicted molar refractivity (Wildman–Crippen MR) is 89.1 cm³/mol. The summed E-state index contributed by atoms with van der Waals surface area (Å²) in [4.78, 5) is 12.3. The molecule has 1 aliphatic carbocycles. The zero-order chi connectivity index (χ0) is 15.2. The number of amides is 1. The first-order chi connectivity index (χ1) is 10.1. The van der Waals surface area contributed by atoms with Crippen molar-refractivity contribution in [2.75, 3.05) is 18.9 Å². The highest BCUT2D eigenvalue weighted by Gasteiger charge is 2.21. The van der Waals surface area contributed by atoms with Crippen LogP contribution in [0.5, 0.6) is 0 Å². The molecule has 0 atom stereocenters. The van der Waals surface area contributed by atoms with Crippen molar-refractivity contribution in [2.24, 2.45) is 11.8 Å². The lowest BCUT2D eigenvalue weighted by molar-refractivity contribution is 0.0942. The molecule has 0 radical (unpaired) electrons. The van der Waals surface area contributed by atoms with Crippen molar-refractivity contribution in [1.82, 2.24) is 5.32 Å². The molecule has 1 fully saturated rings. The standard InChI is InChI=1S/C17H25ClN2O/c1-3-12-4-6-13(7-5-12)11-20-17(21)15-10-14(18)8-9-16(15)19-2/h8-10,12-13,19H,3-7,11H2,1-2H3,(H,20,21). The predicted octanol–water partition coefficient (Wildman–Crippen LogP) is 4.33. The van der Waals surface area contributed by atoms with Gasteiger partial charge in [0.05, 0.1) is 5.56 Å². The van der Waals surface area contributed by atoms with Gasteiger partial charge in [0.1, 0.15) is 0 Å². The second-order valence-electron chi connectivity index (χ2n) is 5.94. The Labute approximate surface area is 132 Å². The third-order valence-electron chi connectivity index (χ3n) is 4.59. The van der Waals surface area contributed by atoms with E-state index in [0.717, 1.165) is 18.2 Å². The van der Waals surface area contributed by atoms with E-state index in [4.69, 9.17) is 11.6 Å². The summed E-state index contributed by atoms with van der Waals surface area (Å²) in [5.41, 5.74) is 1.43. The Hall–Kier alpha value is -1.22. The van der Waals surface area contributed by atoms with Gasteiger partial charge in [-0.15, -0.1) is 0 Å². The average Bonchev–Trinajstić information content (AvgIpc) is 2.53. The first-order valence-electron chi connectivity index (χ1n) is 7.89. The van der Waals surface area contributed by atoms with E-state index in [0.29, 0.717) is 16.5 Å². The molecule has 2 N–H and O–H groups in total. The maximum Gasteiger partial charge on any atom is 0.253 e. The van der Waals surface area contributed by atoms with Crippen LogP contribution < -0.4 is 10.6 Å². The number of benzene rings is 1. The molecule has 21 heavy (non-hydrogen) atoms. The highest BCUT2D eigenvalue weighted by Crippen LogP contribution is 2.30. The number of halogens is 1. The topological polar surface area (TPSA) is 41.1 Å². The van der Waals surface area contributed by atoms with Gasteiger partial charge < -0.3 is 10.6 Å². The van der Waals surface area contributed by atoms with Gasteiger partial charge in [-0.3, -0.25) is 4.79 Å². The number of carbonyl (C=O) groups is 1. The van der Waals surface area contributed by atoms with Crippen LogP contribution in [-0.4, -0.2) is 19.5 Å². The fraction of sp³-hybridized carbons (Fsp3) is 0.588. The minimum atomic E-state index is -0.0422. The molecule has 1 aliphatic rings. The lowest BCUT2D eigenvalue weighted by atomic mass is 9.81. The van der Waals surface area contributed by atoms with E-state index in [1.165, 1.54) is 32.1 Å². The maximum absolute atomic E-state index is 12.3. The molecule has 0 heterocycles. The van der Waals surface area contributed by atoms with E-state index in [9.17, 15) is 4.79 Å².